The molecule has 0 unspecified atom stereocenters. The summed E-state index contributed by atoms with van der Waals surface area (Å²) in [5.41, 5.74) is 1.25. The number of aromatic nitrogens is 1. The van der Waals surface area contributed by atoms with Crippen LogP contribution in [0.1, 0.15) is 44.7 Å². The molecule has 0 fully saturated rings. The minimum absolute atomic E-state index is 0.527. The van der Waals surface area contributed by atoms with Gasteiger partial charge in [0.2, 0.25) is 0 Å². The van der Waals surface area contributed by atoms with E-state index in [9.17, 15) is 0 Å². The summed E-state index contributed by atoms with van der Waals surface area (Å²) >= 11 is 1.83. The Labute approximate surface area is 109 Å². The maximum atomic E-state index is 4.73. The van der Waals surface area contributed by atoms with E-state index in [1.807, 2.05) is 11.3 Å². The molecule has 1 aromatic rings. The van der Waals surface area contributed by atoms with E-state index in [0.717, 1.165) is 31.1 Å². The van der Waals surface area contributed by atoms with Gasteiger partial charge in [0.05, 0.1) is 5.69 Å². The summed E-state index contributed by atoms with van der Waals surface area (Å²) in [5, 5.41) is 4.63. The van der Waals surface area contributed by atoms with Crippen LogP contribution in [0.5, 0.6) is 0 Å². The molecule has 17 heavy (non-hydrogen) atoms. The van der Waals surface area contributed by atoms with E-state index < -0.39 is 0 Å². The highest BCUT2D eigenvalue weighted by Crippen LogP contribution is 2.26. The minimum Gasteiger partial charge on any atom is -0.351 e. The van der Waals surface area contributed by atoms with Crippen molar-refractivity contribution in [2.24, 2.45) is 0 Å². The highest BCUT2D eigenvalue weighted by Gasteiger charge is 2.12. The summed E-state index contributed by atoms with van der Waals surface area (Å²) in [6, 6.07) is 0.527. The average Bonchev–Trinajstić information content (AvgIpc) is 2.69. The largest absolute Gasteiger partial charge is 0.351 e. The van der Waals surface area contributed by atoms with Crippen LogP contribution in [0.25, 0.3) is 0 Å². The van der Waals surface area contributed by atoms with E-state index in [1.165, 1.54) is 10.6 Å². The van der Waals surface area contributed by atoms with Crippen molar-refractivity contribution < 1.29 is 0 Å². The smallest absolute Gasteiger partial charge is 0.185 e. The van der Waals surface area contributed by atoms with Crippen molar-refractivity contribution in [3.63, 3.8) is 0 Å². The number of rotatable bonds is 7. The third-order valence-electron chi connectivity index (χ3n) is 2.66. The number of anilines is 1. The van der Waals surface area contributed by atoms with Crippen molar-refractivity contribution in [1.82, 2.24) is 10.3 Å². The molecule has 0 saturated heterocycles. The SMILES string of the molecule is CCCN(C)c1nc(CC)c(CNC(C)C)s1. The van der Waals surface area contributed by atoms with Crippen LogP contribution in [0.15, 0.2) is 0 Å². The van der Waals surface area contributed by atoms with Gasteiger partial charge in [-0.25, -0.2) is 4.98 Å². The molecule has 0 atom stereocenters. The van der Waals surface area contributed by atoms with Crippen molar-refractivity contribution in [2.75, 3.05) is 18.5 Å². The van der Waals surface area contributed by atoms with Gasteiger partial charge in [-0.1, -0.05) is 27.7 Å². The zero-order valence-electron chi connectivity index (χ0n) is 11.7. The van der Waals surface area contributed by atoms with Crippen LogP contribution < -0.4 is 10.2 Å². The zero-order valence-corrected chi connectivity index (χ0v) is 12.5. The lowest BCUT2D eigenvalue weighted by molar-refractivity contribution is 0.590. The third kappa shape index (κ3) is 4.28. The molecule has 0 aliphatic carbocycles. The number of thiazole rings is 1. The monoisotopic (exact) mass is 255 g/mol. The zero-order chi connectivity index (χ0) is 12.8. The van der Waals surface area contributed by atoms with E-state index >= 15 is 0 Å². The van der Waals surface area contributed by atoms with E-state index in [4.69, 9.17) is 4.98 Å². The van der Waals surface area contributed by atoms with Crippen LogP contribution in [0.3, 0.4) is 0 Å². The van der Waals surface area contributed by atoms with Gasteiger partial charge in [0.15, 0.2) is 5.13 Å². The summed E-state index contributed by atoms with van der Waals surface area (Å²) in [6.07, 6.45) is 2.18. The first kappa shape index (κ1) is 14.5. The van der Waals surface area contributed by atoms with Crippen molar-refractivity contribution in [2.45, 2.75) is 53.1 Å². The fourth-order valence-corrected chi connectivity index (χ4v) is 2.76. The van der Waals surface area contributed by atoms with Gasteiger partial charge in [0.25, 0.3) is 0 Å². The first-order valence-corrected chi connectivity index (χ1v) is 7.33. The predicted octanol–water partition coefficient (Wildman–Crippen LogP) is 3.05. The van der Waals surface area contributed by atoms with E-state index in [2.05, 4.69) is 45.0 Å². The van der Waals surface area contributed by atoms with Gasteiger partial charge in [-0.3, -0.25) is 0 Å². The van der Waals surface area contributed by atoms with E-state index in [0.29, 0.717) is 6.04 Å². The Hall–Kier alpha value is -0.610. The second kappa shape index (κ2) is 6.97. The van der Waals surface area contributed by atoms with Crippen LogP contribution in [0.2, 0.25) is 0 Å². The molecule has 0 bridgehead atoms. The molecule has 0 aliphatic heterocycles. The lowest BCUT2D eigenvalue weighted by Crippen LogP contribution is -2.21. The fraction of sp³-hybridized carbons (Fsp3) is 0.769. The molecule has 1 N–H and O–H groups in total. The van der Waals surface area contributed by atoms with E-state index in [1.54, 1.807) is 0 Å². The molecular weight excluding hydrogens is 230 g/mol. The Morgan fingerprint density at radius 1 is 1.35 bits per heavy atom. The summed E-state index contributed by atoms with van der Waals surface area (Å²) in [4.78, 5) is 8.37. The normalized spacial score (nSPS) is 11.2. The molecule has 98 valence electrons. The predicted molar refractivity (Wildman–Crippen MR) is 77.0 cm³/mol. The molecule has 0 spiro atoms. The molecule has 0 aliphatic rings. The van der Waals surface area contributed by atoms with E-state index in [-0.39, 0.29) is 0 Å². The fourth-order valence-electron chi connectivity index (χ4n) is 1.68. The third-order valence-corrected chi connectivity index (χ3v) is 3.87. The molecular formula is C13H25N3S. The van der Waals surface area contributed by atoms with Gasteiger partial charge in [-0.15, -0.1) is 11.3 Å². The van der Waals surface area contributed by atoms with Gasteiger partial charge in [-0.2, -0.15) is 0 Å². The Bertz CT molecular complexity index is 333. The van der Waals surface area contributed by atoms with Crippen LogP contribution in [0, 0.1) is 0 Å². The summed E-state index contributed by atoms with van der Waals surface area (Å²) in [6.45, 7) is 10.8. The molecule has 4 heteroatoms. The topological polar surface area (TPSA) is 28.2 Å². The first-order chi connectivity index (χ1) is 8.08. The molecule has 3 nitrogen and oxygen atoms in total. The number of nitrogens with zero attached hydrogens (tertiary/aromatic N) is 2. The second-order valence-corrected chi connectivity index (χ2v) is 5.74. The molecule has 1 rings (SSSR count). The average molecular weight is 255 g/mol. The summed E-state index contributed by atoms with van der Waals surface area (Å²) in [5.74, 6) is 0. The Balaban J connectivity index is 2.75. The molecule has 0 radical (unpaired) electrons. The second-order valence-electron chi connectivity index (χ2n) is 4.68. The van der Waals surface area contributed by atoms with Crippen LogP contribution in [0.4, 0.5) is 5.13 Å². The number of aryl methyl sites for hydroxylation is 1. The maximum Gasteiger partial charge on any atom is 0.185 e. The Morgan fingerprint density at radius 3 is 2.59 bits per heavy atom. The maximum absolute atomic E-state index is 4.73. The van der Waals surface area contributed by atoms with Gasteiger partial charge in [-0.05, 0) is 12.8 Å². The van der Waals surface area contributed by atoms with Crippen molar-refractivity contribution >= 4 is 16.5 Å². The highest BCUT2D eigenvalue weighted by atomic mass is 32.1. The minimum atomic E-state index is 0.527. The van der Waals surface area contributed by atoms with Crippen LogP contribution in [-0.2, 0) is 13.0 Å². The summed E-state index contributed by atoms with van der Waals surface area (Å²) in [7, 11) is 2.13. The number of hydrogen-bond acceptors (Lipinski definition) is 4. The molecule has 0 aromatic carbocycles. The highest BCUT2D eigenvalue weighted by molar-refractivity contribution is 7.15. The van der Waals surface area contributed by atoms with Crippen molar-refractivity contribution in [3.05, 3.63) is 10.6 Å². The first-order valence-electron chi connectivity index (χ1n) is 6.51. The van der Waals surface area contributed by atoms with Gasteiger partial charge < -0.3 is 10.2 Å². The van der Waals surface area contributed by atoms with Crippen molar-refractivity contribution in [1.29, 1.82) is 0 Å². The van der Waals surface area contributed by atoms with Gasteiger partial charge in [0, 0.05) is 31.1 Å². The van der Waals surface area contributed by atoms with Crippen LogP contribution >= 0.6 is 11.3 Å². The molecule has 0 saturated carbocycles. The number of hydrogen-bond donors (Lipinski definition) is 1. The lowest BCUT2D eigenvalue weighted by Gasteiger charge is -2.13. The standard InChI is InChI=1S/C13H25N3S/c1-6-8-16(5)13-15-11(7-2)12(17-13)9-14-10(3)4/h10,14H,6-9H2,1-5H3. The van der Waals surface area contributed by atoms with Crippen LogP contribution in [-0.4, -0.2) is 24.6 Å². The lowest BCUT2D eigenvalue weighted by atomic mass is 10.3. The number of nitrogens with one attached hydrogen (secondary N) is 1. The molecule has 1 heterocycles. The Kier molecular flexibility index (Phi) is 5.92. The summed E-state index contributed by atoms with van der Waals surface area (Å²) < 4.78 is 0. The Morgan fingerprint density at radius 2 is 2.06 bits per heavy atom. The van der Waals surface area contributed by atoms with Crippen molar-refractivity contribution in [3.8, 4) is 0 Å². The quantitative estimate of drug-likeness (QED) is 0.811. The van der Waals surface area contributed by atoms with Gasteiger partial charge >= 0.3 is 0 Å². The van der Waals surface area contributed by atoms with Gasteiger partial charge in [0.1, 0.15) is 0 Å². The molecule has 0 amide bonds. The molecule has 1 aromatic heterocycles.